The summed E-state index contributed by atoms with van der Waals surface area (Å²) < 4.78 is 32.5. The highest BCUT2D eigenvalue weighted by atomic mass is 32.2. The lowest BCUT2D eigenvalue weighted by molar-refractivity contribution is -0.118. The molecule has 2 aliphatic heterocycles. The van der Waals surface area contributed by atoms with Gasteiger partial charge in [-0.3, -0.25) is 9.69 Å². The molecule has 1 atom stereocenters. The molecule has 1 aromatic carbocycles. The second-order valence-corrected chi connectivity index (χ2v) is 8.79. The first-order chi connectivity index (χ1) is 11.5. The minimum atomic E-state index is -3.19. The molecule has 0 spiro atoms. The van der Waals surface area contributed by atoms with E-state index in [0.29, 0.717) is 37.7 Å². The van der Waals surface area contributed by atoms with Crippen LogP contribution in [0.25, 0.3) is 0 Å². The van der Waals surface area contributed by atoms with E-state index in [1.165, 1.54) is 0 Å². The van der Waals surface area contributed by atoms with Crippen molar-refractivity contribution in [2.24, 2.45) is 0 Å². The summed E-state index contributed by atoms with van der Waals surface area (Å²) in [4.78, 5) is 14.3. The first kappa shape index (κ1) is 15.9. The third-order valence-electron chi connectivity index (χ3n) is 4.81. The molecule has 0 unspecified atom stereocenters. The van der Waals surface area contributed by atoms with Gasteiger partial charge in [0.2, 0.25) is 15.9 Å². The fourth-order valence-corrected chi connectivity index (χ4v) is 5.16. The molecule has 3 aliphatic rings. The molecule has 1 saturated carbocycles. The van der Waals surface area contributed by atoms with E-state index in [-0.39, 0.29) is 23.7 Å². The standard InChI is InChI=1S/C16H21N3O4S/c20-16-10-18-7-8-19(24(21,22)13-5-6-13)9-12(18)11-23-15-4-2-1-3-14(15)17-16/h1-4,12-13H,5-11H2,(H,17,20)/t12-/m1/s1. The average Bonchev–Trinajstić information content (AvgIpc) is 3.39. The number of hydrogen-bond donors (Lipinski definition) is 1. The Morgan fingerprint density at radius 3 is 2.75 bits per heavy atom. The summed E-state index contributed by atoms with van der Waals surface area (Å²) in [5.41, 5.74) is 0.657. The molecule has 1 aromatic rings. The molecular weight excluding hydrogens is 330 g/mol. The van der Waals surface area contributed by atoms with Gasteiger partial charge >= 0.3 is 0 Å². The number of hydrogen-bond acceptors (Lipinski definition) is 5. The van der Waals surface area contributed by atoms with Crippen LogP contribution in [0.15, 0.2) is 24.3 Å². The number of nitrogens with zero attached hydrogens (tertiary/aromatic N) is 2. The Morgan fingerprint density at radius 2 is 1.96 bits per heavy atom. The van der Waals surface area contributed by atoms with Gasteiger partial charge in [-0.1, -0.05) is 12.1 Å². The van der Waals surface area contributed by atoms with Crippen LogP contribution < -0.4 is 10.1 Å². The number of fused-ring (bicyclic) bond motifs is 2. The molecular formula is C16H21N3O4S. The molecule has 7 nitrogen and oxygen atoms in total. The normalized spacial score (nSPS) is 26.2. The summed E-state index contributed by atoms with van der Waals surface area (Å²) in [6, 6.07) is 7.20. The number of carbonyl (C=O) groups excluding carboxylic acids is 1. The lowest BCUT2D eigenvalue weighted by atomic mass is 10.2. The van der Waals surface area contributed by atoms with Crippen molar-refractivity contribution in [1.82, 2.24) is 9.21 Å². The van der Waals surface area contributed by atoms with Gasteiger partial charge in [0.05, 0.1) is 23.5 Å². The Kier molecular flexibility index (Phi) is 3.98. The summed E-state index contributed by atoms with van der Waals surface area (Å²) in [6.45, 7) is 1.98. The van der Waals surface area contributed by atoms with Crippen molar-refractivity contribution in [2.45, 2.75) is 24.1 Å². The third-order valence-corrected chi connectivity index (χ3v) is 7.18. The van der Waals surface area contributed by atoms with Crippen molar-refractivity contribution in [2.75, 3.05) is 38.1 Å². The maximum atomic E-state index is 12.5. The number of ether oxygens (including phenoxy) is 1. The second-order valence-electron chi connectivity index (χ2n) is 6.58. The fraction of sp³-hybridized carbons (Fsp3) is 0.562. The quantitative estimate of drug-likeness (QED) is 0.839. The van der Waals surface area contributed by atoms with E-state index in [1.54, 1.807) is 10.4 Å². The van der Waals surface area contributed by atoms with Gasteiger partial charge in [-0.15, -0.1) is 0 Å². The van der Waals surface area contributed by atoms with Crippen molar-refractivity contribution >= 4 is 21.6 Å². The van der Waals surface area contributed by atoms with Gasteiger partial charge in [-0.2, -0.15) is 4.31 Å². The van der Waals surface area contributed by atoms with Gasteiger partial charge in [0.1, 0.15) is 12.4 Å². The Hall–Kier alpha value is -1.64. The van der Waals surface area contributed by atoms with Gasteiger partial charge in [-0.05, 0) is 25.0 Å². The zero-order chi connectivity index (χ0) is 16.7. The van der Waals surface area contributed by atoms with Crippen LogP contribution in [0.2, 0.25) is 0 Å². The van der Waals surface area contributed by atoms with Crippen molar-refractivity contribution < 1.29 is 17.9 Å². The highest BCUT2D eigenvalue weighted by Gasteiger charge is 2.43. The Labute approximate surface area is 141 Å². The summed E-state index contributed by atoms with van der Waals surface area (Å²) in [5, 5.41) is 2.66. The highest BCUT2D eigenvalue weighted by Crippen LogP contribution is 2.32. The Balaban J connectivity index is 1.55. The molecule has 1 amide bonds. The molecule has 1 N–H and O–H groups in total. The van der Waals surface area contributed by atoms with Crippen LogP contribution in [0.4, 0.5) is 5.69 Å². The highest BCUT2D eigenvalue weighted by molar-refractivity contribution is 7.90. The predicted molar refractivity (Wildman–Crippen MR) is 89.4 cm³/mol. The van der Waals surface area contributed by atoms with Crippen LogP contribution in [0.3, 0.4) is 0 Å². The molecule has 2 fully saturated rings. The van der Waals surface area contributed by atoms with Gasteiger partial charge in [0.25, 0.3) is 0 Å². The lowest BCUT2D eigenvalue weighted by Gasteiger charge is -2.39. The first-order valence-corrected chi connectivity index (χ1v) is 9.79. The molecule has 4 rings (SSSR count). The second kappa shape index (κ2) is 6.02. The number of rotatable bonds is 2. The van der Waals surface area contributed by atoms with Crippen LogP contribution in [0.1, 0.15) is 12.8 Å². The molecule has 24 heavy (non-hydrogen) atoms. The molecule has 8 heteroatoms. The smallest absolute Gasteiger partial charge is 0.238 e. The van der Waals surface area contributed by atoms with Crippen molar-refractivity contribution in [3.05, 3.63) is 24.3 Å². The average molecular weight is 351 g/mol. The number of nitrogens with one attached hydrogen (secondary N) is 1. The maximum Gasteiger partial charge on any atom is 0.238 e. The minimum Gasteiger partial charge on any atom is -0.490 e. The molecule has 2 heterocycles. The molecule has 0 bridgehead atoms. The van der Waals surface area contributed by atoms with Crippen molar-refractivity contribution in [3.8, 4) is 5.75 Å². The summed E-state index contributed by atoms with van der Waals surface area (Å²) in [7, 11) is -3.19. The van der Waals surface area contributed by atoms with E-state index in [1.807, 2.05) is 23.1 Å². The van der Waals surface area contributed by atoms with Crippen LogP contribution in [0.5, 0.6) is 5.75 Å². The topological polar surface area (TPSA) is 79.0 Å². The van der Waals surface area contributed by atoms with Crippen LogP contribution >= 0.6 is 0 Å². The molecule has 130 valence electrons. The van der Waals surface area contributed by atoms with Crippen LogP contribution in [-0.4, -0.2) is 67.6 Å². The van der Waals surface area contributed by atoms with Gasteiger partial charge in [0.15, 0.2) is 0 Å². The van der Waals surface area contributed by atoms with E-state index in [2.05, 4.69) is 5.32 Å². The van der Waals surface area contributed by atoms with Crippen LogP contribution in [-0.2, 0) is 14.8 Å². The molecule has 0 aromatic heterocycles. The Bertz CT molecular complexity index is 747. The SMILES string of the molecule is O=C1CN2CCN(S(=O)(=O)C3CC3)C[C@@H]2COc2ccccc2N1. The van der Waals surface area contributed by atoms with Gasteiger partial charge < -0.3 is 10.1 Å². The van der Waals surface area contributed by atoms with E-state index >= 15 is 0 Å². The molecule has 1 saturated heterocycles. The van der Waals surface area contributed by atoms with E-state index in [9.17, 15) is 13.2 Å². The lowest BCUT2D eigenvalue weighted by Crippen LogP contribution is -2.58. The summed E-state index contributed by atoms with van der Waals surface area (Å²) >= 11 is 0. The number of para-hydroxylation sites is 2. The number of amides is 1. The third kappa shape index (κ3) is 3.01. The van der Waals surface area contributed by atoms with E-state index in [0.717, 1.165) is 12.8 Å². The number of sulfonamides is 1. The number of anilines is 1. The number of carbonyl (C=O) groups is 1. The fourth-order valence-electron chi connectivity index (χ4n) is 3.29. The van der Waals surface area contributed by atoms with E-state index < -0.39 is 10.0 Å². The Morgan fingerprint density at radius 1 is 1.17 bits per heavy atom. The molecule has 1 aliphatic carbocycles. The number of piperazine rings is 1. The van der Waals surface area contributed by atoms with Crippen molar-refractivity contribution in [1.29, 1.82) is 0 Å². The minimum absolute atomic E-state index is 0.101. The summed E-state index contributed by atoms with van der Waals surface area (Å²) in [6.07, 6.45) is 1.53. The largest absolute Gasteiger partial charge is 0.490 e. The van der Waals surface area contributed by atoms with Gasteiger partial charge in [-0.25, -0.2) is 8.42 Å². The van der Waals surface area contributed by atoms with Crippen molar-refractivity contribution in [3.63, 3.8) is 0 Å². The van der Waals surface area contributed by atoms with E-state index in [4.69, 9.17) is 4.74 Å². The first-order valence-electron chi connectivity index (χ1n) is 8.29. The monoisotopic (exact) mass is 351 g/mol. The zero-order valence-electron chi connectivity index (χ0n) is 13.3. The summed E-state index contributed by atoms with van der Waals surface area (Å²) in [5.74, 6) is 0.520. The molecule has 0 radical (unpaired) electrons. The van der Waals surface area contributed by atoms with Gasteiger partial charge in [0, 0.05) is 19.6 Å². The number of benzene rings is 1. The maximum absolute atomic E-state index is 12.5. The predicted octanol–water partition coefficient (Wildman–Crippen LogP) is 0.496. The van der Waals surface area contributed by atoms with Crippen LogP contribution in [0, 0.1) is 0 Å². The zero-order valence-corrected chi connectivity index (χ0v) is 14.2.